The molecular weight excluding hydrogens is 254 g/mol. The van der Waals surface area contributed by atoms with Gasteiger partial charge in [-0.1, -0.05) is 25.7 Å². The lowest BCUT2D eigenvalue weighted by molar-refractivity contribution is 0.204. The summed E-state index contributed by atoms with van der Waals surface area (Å²) in [7, 11) is -1.93. The second-order valence-corrected chi connectivity index (χ2v) is 6.57. The molecule has 4 N–H and O–H groups in total. The zero-order valence-corrected chi connectivity index (χ0v) is 11.9. The molecule has 0 aromatic carbocycles. The maximum atomic E-state index is 11.6. The number of nitrogens with two attached hydrogens (primary N) is 1. The Hall–Kier alpha value is -0.210. The van der Waals surface area contributed by atoms with Gasteiger partial charge in [0.15, 0.2) is 0 Å². The molecule has 18 heavy (non-hydrogen) atoms. The summed E-state index contributed by atoms with van der Waals surface area (Å²) in [5, 5.41) is 0. The van der Waals surface area contributed by atoms with Crippen LogP contribution in [0.4, 0.5) is 0 Å². The van der Waals surface area contributed by atoms with Crippen molar-refractivity contribution in [1.29, 1.82) is 0 Å². The molecule has 1 fully saturated rings. The van der Waals surface area contributed by atoms with E-state index in [1.165, 1.54) is 20.0 Å². The van der Waals surface area contributed by atoms with E-state index in [1.54, 1.807) is 0 Å². The van der Waals surface area contributed by atoms with Gasteiger partial charge in [0.05, 0.1) is 6.61 Å². The fraction of sp³-hybridized carbons (Fsp3) is 1.00. The SMILES string of the molecule is COCCNS(=O)(=O)NCC1(N)CCCCCC1. The van der Waals surface area contributed by atoms with Crippen molar-refractivity contribution in [3.8, 4) is 0 Å². The minimum atomic E-state index is -3.46. The molecule has 0 bridgehead atoms. The highest BCUT2D eigenvalue weighted by Crippen LogP contribution is 2.24. The summed E-state index contributed by atoms with van der Waals surface area (Å²) in [5.41, 5.74) is 5.85. The van der Waals surface area contributed by atoms with Crippen LogP contribution in [0.5, 0.6) is 0 Å². The molecule has 0 saturated heterocycles. The van der Waals surface area contributed by atoms with Crippen molar-refractivity contribution in [2.75, 3.05) is 26.8 Å². The van der Waals surface area contributed by atoms with Gasteiger partial charge in [0.2, 0.25) is 0 Å². The molecule has 0 radical (unpaired) electrons. The highest BCUT2D eigenvalue weighted by molar-refractivity contribution is 7.87. The monoisotopic (exact) mass is 279 g/mol. The Morgan fingerprint density at radius 3 is 2.33 bits per heavy atom. The molecule has 0 heterocycles. The fourth-order valence-electron chi connectivity index (χ4n) is 2.18. The molecule has 1 saturated carbocycles. The van der Waals surface area contributed by atoms with E-state index in [2.05, 4.69) is 9.44 Å². The Bertz CT molecular complexity index is 324. The third-order valence-electron chi connectivity index (χ3n) is 3.31. The third kappa shape index (κ3) is 6.10. The average molecular weight is 279 g/mol. The van der Waals surface area contributed by atoms with Crippen LogP contribution in [0.1, 0.15) is 38.5 Å². The second-order valence-electron chi connectivity index (χ2n) is 4.99. The first-order valence-corrected chi connectivity index (χ1v) is 7.98. The Balaban J connectivity index is 2.37. The first-order valence-electron chi connectivity index (χ1n) is 6.49. The third-order valence-corrected chi connectivity index (χ3v) is 4.42. The quantitative estimate of drug-likeness (QED) is 0.455. The van der Waals surface area contributed by atoms with Crippen LogP contribution < -0.4 is 15.2 Å². The highest BCUT2D eigenvalue weighted by atomic mass is 32.2. The fourth-order valence-corrected chi connectivity index (χ4v) is 3.11. The molecule has 0 amide bonds. The van der Waals surface area contributed by atoms with Gasteiger partial charge in [-0.15, -0.1) is 0 Å². The van der Waals surface area contributed by atoms with Crippen LogP contribution in [-0.4, -0.2) is 40.8 Å². The van der Waals surface area contributed by atoms with E-state index in [0.717, 1.165) is 25.7 Å². The van der Waals surface area contributed by atoms with Gasteiger partial charge >= 0.3 is 0 Å². The molecule has 1 aliphatic carbocycles. The number of rotatable bonds is 7. The molecule has 7 heteroatoms. The van der Waals surface area contributed by atoms with Gasteiger partial charge in [-0.05, 0) is 12.8 Å². The average Bonchev–Trinajstić information content (AvgIpc) is 2.53. The smallest absolute Gasteiger partial charge is 0.277 e. The first-order chi connectivity index (χ1) is 8.47. The van der Waals surface area contributed by atoms with Crippen LogP contribution in [-0.2, 0) is 14.9 Å². The lowest BCUT2D eigenvalue weighted by Crippen LogP contribution is -2.52. The topological polar surface area (TPSA) is 93.4 Å². The zero-order valence-electron chi connectivity index (χ0n) is 11.1. The van der Waals surface area contributed by atoms with Crippen molar-refractivity contribution in [3.05, 3.63) is 0 Å². The summed E-state index contributed by atoms with van der Waals surface area (Å²) < 4.78 is 33.0. The summed E-state index contributed by atoms with van der Waals surface area (Å²) in [6.45, 7) is 0.924. The molecule has 0 aromatic heterocycles. The van der Waals surface area contributed by atoms with Gasteiger partial charge in [-0.2, -0.15) is 13.1 Å². The van der Waals surface area contributed by atoms with Crippen LogP contribution in [0.3, 0.4) is 0 Å². The Labute approximate surface area is 110 Å². The zero-order chi connectivity index (χ0) is 13.5. The van der Waals surface area contributed by atoms with Crippen LogP contribution in [0.2, 0.25) is 0 Å². The second kappa shape index (κ2) is 7.40. The Morgan fingerprint density at radius 2 is 1.78 bits per heavy atom. The summed E-state index contributed by atoms with van der Waals surface area (Å²) in [4.78, 5) is 0. The Morgan fingerprint density at radius 1 is 1.17 bits per heavy atom. The lowest BCUT2D eigenvalue weighted by atomic mass is 9.92. The molecule has 0 unspecified atom stereocenters. The molecule has 0 aromatic rings. The van der Waals surface area contributed by atoms with Gasteiger partial charge in [0, 0.05) is 25.7 Å². The normalized spacial score (nSPS) is 20.6. The van der Waals surface area contributed by atoms with Crippen molar-refractivity contribution in [2.24, 2.45) is 5.73 Å². The van der Waals surface area contributed by atoms with E-state index in [0.29, 0.717) is 13.2 Å². The maximum Gasteiger partial charge on any atom is 0.277 e. The number of methoxy groups -OCH3 is 1. The van der Waals surface area contributed by atoms with Crippen molar-refractivity contribution in [2.45, 2.75) is 44.1 Å². The molecule has 0 spiro atoms. The molecule has 1 rings (SSSR count). The molecule has 0 atom stereocenters. The maximum absolute atomic E-state index is 11.6. The van der Waals surface area contributed by atoms with Crippen LogP contribution in [0, 0.1) is 0 Å². The number of hydrogen-bond acceptors (Lipinski definition) is 4. The molecule has 1 aliphatic rings. The van der Waals surface area contributed by atoms with Gasteiger partial charge in [-0.3, -0.25) is 0 Å². The van der Waals surface area contributed by atoms with E-state index >= 15 is 0 Å². The minimum Gasteiger partial charge on any atom is -0.383 e. The van der Waals surface area contributed by atoms with Gasteiger partial charge in [0.25, 0.3) is 10.2 Å². The van der Waals surface area contributed by atoms with E-state index in [-0.39, 0.29) is 6.54 Å². The van der Waals surface area contributed by atoms with Gasteiger partial charge < -0.3 is 10.5 Å². The van der Waals surface area contributed by atoms with Crippen molar-refractivity contribution < 1.29 is 13.2 Å². The number of ether oxygens (including phenoxy) is 1. The molecule has 6 nitrogen and oxygen atoms in total. The van der Waals surface area contributed by atoms with Crippen molar-refractivity contribution in [3.63, 3.8) is 0 Å². The van der Waals surface area contributed by atoms with E-state index < -0.39 is 15.7 Å². The van der Waals surface area contributed by atoms with E-state index in [1.807, 2.05) is 0 Å². The molecular formula is C11H25N3O3S. The summed E-state index contributed by atoms with van der Waals surface area (Å²) in [6, 6.07) is 0. The standard InChI is InChI=1S/C11H25N3O3S/c1-17-9-8-13-18(15,16)14-10-11(12)6-4-2-3-5-7-11/h13-14H,2-10,12H2,1H3. The van der Waals surface area contributed by atoms with Crippen LogP contribution in [0.15, 0.2) is 0 Å². The summed E-state index contributed by atoms with van der Waals surface area (Å²) in [5.74, 6) is 0. The first kappa shape index (κ1) is 15.8. The van der Waals surface area contributed by atoms with E-state index in [9.17, 15) is 8.42 Å². The molecule has 0 aliphatic heterocycles. The van der Waals surface area contributed by atoms with Gasteiger partial charge in [0.1, 0.15) is 0 Å². The highest BCUT2D eigenvalue weighted by Gasteiger charge is 2.27. The van der Waals surface area contributed by atoms with Gasteiger partial charge in [-0.25, -0.2) is 4.72 Å². The minimum absolute atomic E-state index is 0.267. The lowest BCUT2D eigenvalue weighted by Gasteiger charge is -2.28. The number of hydrogen-bond donors (Lipinski definition) is 3. The number of nitrogens with one attached hydrogen (secondary N) is 2. The molecule has 108 valence electrons. The predicted molar refractivity (Wildman–Crippen MR) is 71.4 cm³/mol. The largest absolute Gasteiger partial charge is 0.383 e. The summed E-state index contributed by atoms with van der Waals surface area (Å²) in [6.07, 6.45) is 6.31. The van der Waals surface area contributed by atoms with Crippen LogP contribution in [0.25, 0.3) is 0 Å². The predicted octanol–water partition coefficient (Wildman–Crippen LogP) is 0.109. The van der Waals surface area contributed by atoms with E-state index in [4.69, 9.17) is 10.5 Å². The Kier molecular flexibility index (Phi) is 6.51. The van der Waals surface area contributed by atoms with Crippen LogP contribution >= 0.6 is 0 Å². The van der Waals surface area contributed by atoms with Crippen molar-refractivity contribution in [1.82, 2.24) is 9.44 Å². The van der Waals surface area contributed by atoms with Crippen molar-refractivity contribution >= 4 is 10.2 Å². The summed E-state index contributed by atoms with van der Waals surface area (Å²) >= 11 is 0.